The van der Waals surface area contributed by atoms with Gasteiger partial charge in [-0.15, -0.1) is 23.7 Å². The zero-order valence-electron chi connectivity index (χ0n) is 13.7. The van der Waals surface area contributed by atoms with E-state index in [-0.39, 0.29) is 24.2 Å². The second-order valence-electron chi connectivity index (χ2n) is 5.79. The third-order valence-corrected chi connectivity index (χ3v) is 5.12. The molecular formula is C18H23ClN2O2S. The molecule has 2 aromatic rings. The maximum absolute atomic E-state index is 12.2. The van der Waals surface area contributed by atoms with Crippen LogP contribution in [0.3, 0.4) is 0 Å². The van der Waals surface area contributed by atoms with Crippen molar-refractivity contribution in [3.05, 3.63) is 40.6 Å². The lowest BCUT2D eigenvalue weighted by Gasteiger charge is -2.21. The number of benzene rings is 1. The van der Waals surface area contributed by atoms with E-state index in [1.54, 1.807) is 18.4 Å². The van der Waals surface area contributed by atoms with Gasteiger partial charge in [-0.1, -0.05) is 12.1 Å². The van der Waals surface area contributed by atoms with E-state index in [0.29, 0.717) is 6.54 Å². The zero-order valence-corrected chi connectivity index (χ0v) is 15.3. The first-order valence-corrected chi connectivity index (χ1v) is 8.84. The Kier molecular flexibility index (Phi) is 7.09. The predicted molar refractivity (Wildman–Crippen MR) is 101 cm³/mol. The van der Waals surface area contributed by atoms with Gasteiger partial charge in [-0.25, -0.2) is 0 Å². The van der Waals surface area contributed by atoms with Gasteiger partial charge >= 0.3 is 0 Å². The van der Waals surface area contributed by atoms with Crippen LogP contribution in [0.5, 0.6) is 5.75 Å². The first kappa shape index (κ1) is 18.8. The molecule has 0 spiro atoms. The van der Waals surface area contributed by atoms with Gasteiger partial charge in [-0.3, -0.25) is 4.79 Å². The van der Waals surface area contributed by atoms with Crippen molar-refractivity contribution in [2.45, 2.75) is 19.4 Å². The fourth-order valence-electron chi connectivity index (χ4n) is 2.80. The number of methoxy groups -OCH3 is 1. The maximum Gasteiger partial charge on any atom is 0.224 e. The highest BCUT2D eigenvalue weighted by molar-refractivity contribution is 7.10. The molecule has 4 nitrogen and oxygen atoms in total. The van der Waals surface area contributed by atoms with Crippen molar-refractivity contribution in [2.75, 3.05) is 20.2 Å². The quantitative estimate of drug-likeness (QED) is 0.852. The molecule has 1 saturated heterocycles. The Bertz CT molecular complexity index is 651. The molecule has 6 heteroatoms. The summed E-state index contributed by atoms with van der Waals surface area (Å²) in [6, 6.07) is 10.2. The minimum atomic E-state index is 0. The van der Waals surface area contributed by atoms with Gasteiger partial charge in [0.25, 0.3) is 0 Å². The van der Waals surface area contributed by atoms with Gasteiger partial charge in [0.1, 0.15) is 5.75 Å². The van der Waals surface area contributed by atoms with E-state index < -0.39 is 0 Å². The minimum Gasteiger partial charge on any atom is -0.497 e. The number of thiophene rings is 1. The summed E-state index contributed by atoms with van der Waals surface area (Å²) in [6.07, 6.45) is 2.07. The van der Waals surface area contributed by atoms with E-state index in [4.69, 9.17) is 4.74 Å². The average Bonchev–Trinajstić information content (AvgIpc) is 3.09. The Morgan fingerprint density at radius 3 is 2.79 bits per heavy atom. The van der Waals surface area contributed by atoms with Crippen molar-refractivity contribution in [1.82, 2.24) is 10.6 Å². The first-order valence-electron chi connectivity index (χ1n) is 7.96. The normalized spacial score (nSPS) is 17.0. The van der Waals surface area contributed by atoms with Crippen molar-refractivity contribution < 1.29 is 9.53 Å². The number of carbonyl (C=O) groups excluding carboxylic acids is 1. The number of halogens is 1. The molecule has 24 heavy (non-hydrogen) atoms. The summed E-state index contributed by atoms with van der Waals surface area (Å²) < 4.78 is 5.18. The molecule has 1 aromatic heterocycles. The van der Waals surface area contributed by atoms with Crippen LogP contribution < -0.4 is 15.4 Å². The van der Waals surface area contributed by atoms with Crippen LogP contribution in [-0.2, 0) is 11.3 Å². The molecule has 1 aliphatic heterocycles. The molecular weight excluding hydrogens is 344 g/mol. The van der Waals surface area contributed by atoms with E-state index >= 15 is 0 Å². The number of rotatable bonds is 5. The van der Waals surface area contributed by atoms with Gasteiger partial charge in [0.15, 0.2) is 0 Å². The third-order valence-electron chi connectivity index (χ3n) is 4.18. The van der Waals surface area contributed by atoms with Crippen molar-refractivity contribution >= 4 is 29.7 Å². The van der Waals surface area contributed by atoms with Crippen molar-refractivity contribution in [3.8, 4) is 16.9 Å². The van der Waals surface area contributed by atoms with Crippen LogP contribution in [0.4, 0.5) is 0 Å². The molecule has 1 aliphatic rings. The van der Waals surface area contributed by atoms with E-state index in [0.717, 1.165) is 37.2 Å². The molecule has 3 rings (SSSR count). The van der Waals surface area contributed by atoms with Crippen molar-refractivity contribution in [2.24, 2.45) is 5.92 Å². The summed E-state index contributed by atoms with van der Waals surface area (Å²) in [6.45, 7) is 2.43. The van der Waals surface area contributed by atoms with Crippen molar-refractivity contribution in [1.29, 1.82) is 0 Å². The Balaban J connectivity index is 0.00000208. The van der Waals surface area contributed by atoms with Gasteiger partial charge in [-0.2, -0.15) is 0 Å². The summed E-state index contributed by atoms with van der Waals surface area (Å²) in [5, 5.41) is 8.47. The van der Waals surface area contributed by atoms with Crippen LogP contribution in [0.1, 0.15) is 17.7 Å². The van der Waals surface area contributed by atoms with E-state index in [9.17, 15) is 4.79 Å². The largest absolute Gasteiger partial charge is 0.497 e. The fraction of sp³-hybridized carbons (Fsp3) is 0.389. The summed E-state index contributed by atoms with van der Waals surface area (Å²) in [5.41, 5.74) is 2.34. The highest BCUT2D eigenvalue weighted by Gasteiger charge is 2.20. The van der Waals surface area contributed by atoms with Gasteiger partial charge < -0.3 is 15.4 Å². The van der Waals surface area contributed by atoms with Gasteiger partial charge in [0.2, 0.25) is 5.91 Å². The SMILES string of the molecule is COc1ccc(-c2csc(CNC(=O)C3CCCNC3)c2)cc1.Cl. The van der Waals surface area contributed by atoms with E-state index in [1.807, 2.05) is 12.1 Å². The lowest BCUT2D eigenvalue weighted by atomic mass is 9.99. The maximum atomic E-state index is 12.2. The molecule has 1 fully saturated rings. The number of carbonyl (C=O) groups is 1. The Morgan fingerprint density at radius 2 is 2.12 bits per heavy atom. The summed E-state index contributed by atoms with van der Waals surface area (Å²) >= 11 is 1.68. The highest BCUT2D eigenvalue weighted by atomic mass is 35.5. The van der Waals surface area contributed by atoms with Crippen LogP contribution in [-0.4, -0.2) is 26.1 Å². The minimum absolute atomic E-state index is 0. The molecule has 0 aliphatic carbocycles. The predicted octanol–water partition coefficient (Wildman–Crippen LogP) is 3.46. The van der Waals surface area contributed by atoms with Crippen LogP contribution in [0, 0.1) is 5.92 Å². The fourth-order valence-corrected chi connectivity index (χ4v) is 3.64. The number of amides is 1. The number of hydrogen-bond donors (Lipinski definition) is 2. The Morgan fingerprint density at radius 1 is 1.33 bits per heavy atom. The summed E-state index contributed by atoms with van der Waals surface area (Å²) in [7, 11) is 1.67. The monoisotopic (exact) mass is 366 g/mol. The number of ether oxygens (including phenoxy) is 1. The van der Waals surface area contributed by atoms with Crippen LogP contribution >= 0.6 is 23.7 Å². The molecule has 2 N–H and O–H groups in total. The topological polar surface area (TPSA) is 50.4 Å². The van der Waals surface area contributed by atoms with Gasteiger partial charge in [0.05, 0.1) is 19.6 Å². The summed E-state index contributed by atoms with van der Waals surface area (Å²) in [4.78, 5) is 13.3. The van der Waals surface area contributed by atoms with Crippen LogP contribution in [0.2, 0.25) is 0 Å². The van der Waals surface area contributed by atoms with Crippen LogP contribution in [0.25, 0.3) is 11.1 Å². The lowest BCUT2D eigenvalue weighted by Crippen LogP contribution is -2.40. The molecule has 1 aromatic carbocycles. The van der Waals surface area contributed by atoms with Crippen LogP contribution in [0.15, 0.2) is 35.7 Å². The lowest BCUT2D eigenvalue weighted by molar-refractivity contribution is -0.125. The molecule has 0 bridgehead atoms. The second kappa shape index (κ2) is 9.06. The molecule has 0 saturated carbocycles. The smallest absolute Gasteiger partial charge is 0.224 e. The first-order chi connectivity index (χ1) is 11.3. The molecule has 0 radical (unpaired) electrons. The average molecular weight is 367 g/mol. The third kappa shape index (κ3) is 4.72. The van der Waals surface area contributed by atoms with Crippen molar-refractivity contribution in [3.63, 3.8) is 0 Å². The molecule has 130 valence electrons. The number of nitrogens with one attached hydrogen (secondary N) is 2. The molecule has 1 amide bonds. The van der Waals surface area contributed by atoms with E-state index in [1.165, 1.54) is 10.4 Å². The molecule has 2 heterocycles. The standard InChI is InChI=1S/C18H22N2O2S.ClH/c1-22-16-6-4-13(5-7-16)15-9-17(23-12-15)11-20-18(21)14-3-2-8-19-10-14;/h4-7,9,12,14,19H,2-3,8,10-11H2,1H3,(H,20,21);1H. The molecule has 1 unspecified atom stereocenters. The Labute approximate surface area is 153 Å². The van der Waals surface area contributed by atoms with E-state index in [2.05, 4.69) is 34.2 Å². The van der Waals surface area contributed by atoms with Gasteiger partial charge in [0, 0.05) is 11.4 Å². The second-order valence-corrected chi connectivity index (χ2v) is 6.79. The summed E-state index contributed by atoms with van der Waals surface area (Å²) in [5.74, 6) is 1.14. The number of hydrogen-bond acceptors (Lipinski definition) is 4. The number of piperidine rings is 1. The van der Waals surface area contributed by atoms with Gasteiger partial charge in [-0.05, 0) is 54.1 Å². The molecule has 1 atom stereocenters. The Hall–Kier alpha value is -1.56. The zero-order chi connectivity index (χ0) is 16.1. The highest BCUT2D eigenvalue weighted by Crippen LogP contribution is 2.27.